The van der Waals surface area contributed by atoms with E-state index < -0.39 is 0 Å². The molecule has 0 saturated heterocycles. The molecule has 0 aliphatic rings. The van der Waals surface area contributed by atoms with Crippen LogP contribution < -0.4 is 5.73 Å². The summed E-state index contributed by atoms with van der Waals surface area (Å²) in [5.74, 6) is -0.520. The second-order valence-electron chi connectivity index (χ2n) is 4.69. The Bertz CT molecular complexity index is 660. The third kappa shape index (κ3) is 3.73. The molecule has 110 valence electrons. The first-order valence-corrected chi connectivity index (χ1v) is 6.97. The average molecular weight is 307 g/mol. The van der Waals surface area contributed by atoms with Crippen molar-refractivity contribution in [2.45, 2.75) is 13.5 Å². The quantitative estimate of drug-likeness (QED) is 0.875. The Balaban J connectivity index is 2.22. The maximum Gasteiger partial charge on any atom is 0.255 e. The largest absolute Gasteiger partial charge is 0.399 e. The Labute approximate surface area is 128 Å². The Hall–Kier alpha value is -2.07. The molecule has 0 atom stereocenters. The van der Waals surface area contributed by atoms with Crippen LogP contribution in [0.25, 0.3) is 0 Å². The van der Waals surface area contributed by atoms with Crippen molar-refractivity contribution in [3.63, 3.8) is 0 Å². The van der Waals surface area contributed by atoms with E-state index in [1.807, 2.05) is 6.92 Å². The number of rotatable bonds is 4. The van der Waals surface area contributed by atoms with Gasteiger partial charge in [-0.15, -0.1) is 0 Å². The lowest BCUT2D eigenvalue weighted by molar-refractivity contribution is 0.0752. The zero-order valence-corrected chi connectivity index (χ0v) is 12.4. The van der Waals surface area contributed by atoms with Crippen LogP contribution in [0.1, 0.15) is 22.8 Å². The van der Waals surface area contributed by atoms with E-state index in [-0.39, 0.29) is 11.7 Å². The molecule has 0 spiro atoms. The summed E-state index contributed by atoms with van der Waals surface area (Å²) in [4.78, 5) is 14.1. The summed E-state index contributed by atoms with van der Waals surface area (Å²) in [6, 6.07) is 11.0. The second kappa shape index (κ2) is 6.59. The van der Waals surface area contributed by atoms with E-state index in [4.69, 9.17) is 17.3 Å². The zero-order chi connectivity index (χ0) is 15.4. The van der Waals surface area contributed by atoms with Gasteiger partial charge in [0.1, 0.15) is 5.82 Å². The van der Waals surface area contributed by atoms with Crippen LogP contribution in [-0.2, 0) is 6.54 Å². The monoisotopic (exact) mass is 306 g/mol. The third-order valence-electron chi connectivity index (χ3n) is 3.15. The number of anilines is 1. The van der Waals surface area contributed by atoms with Crippen LogP contribution in [0, 0.1) is 5.82 Å². The number of carbonyl (C=O) groups excluding carboxylic acids is 1. The van der Waals surface area contributed by atoms with Gasteiger partial charge in [-0.25, -0.2) is 4.39 Å². The fourth-order valence-corrected chi connectivity index (χ4v) is 2.33. The highest BCUT2D eigenvalue weighted by Gasteiger charge is 2.17. The molecule has 0 aromatic heterocycles. The summed E-state index contributed by atoms with van der Waals surface area (Å²) in [7, 11) is 0. The SMILES string of the molecule is CCN(Cc1cccc(F)c1)C(=O)c1ccc(N)cc1Cl. The predicted octanol–water partition coefficient (Wildman–Crippen LogP) is 3.72. The molecule has 2 aromatic rings. The molecule has 3 nitrogen and oxygen atoms in total. The van der Waals surface area contributed by atoms with Crippen molar-refractivity contribution in [1.82, 2.24) is 4.90 Å². The van der Waals surface area contributed by atoms with E-state index in [0.29, 0.717) is 29.4 Å². The number of amides is 1. The van der Waals surface area contributed by atoms with Gasteiger partial charge in [-0.2, -0.15) is 0 Å². The summed E-state index contributed by atoms with van der Waals surface area (Å²) >= 11 is 6.07. The minimum Gasteiger partial charge on any atom is -0.399 e. The van der Waals surface area contributed by atoms with Crippen LogP contribution in [0.5, 0.6) is 0 Å². The number of nitrogens with zero attached hydrogens (tertiary/aromatic N) is 1. The van der Waals surface area contributed by atoms with Crippen LogP contribution in [0.4, 0.5) is 10.1 Å². The maximum absolute atomic E-state index is 13.2. The van der Waals surface area contributed by atoms with E-state index in [0.717, 1.165) is 5.56 Å². The topological polar surface area (TPSA) is 46.3 Å². The van der Waals surface area contributed by atoms with E-state index in [1.165, 1.54) is 12.1 Å². The lowest BCUT2D eigenvalue weighted by atomic mass is 10.1. The highest BCUT2D eigenvalue weighted by molar-refractivity contribution is 6.34. The molecule has 0 saturated carbocycles. The second-order valence-corrected chi connectivity index (χ2v) is 5.10. The number of benzene rings is 2. The highest BCUT2D eigenvalue weighted by atomic mass is 35.5. The van der Waals surface area contributed by atoms with Crippen molar-refractivity contribution >= 4 is 23.2 Å². The maximum atomic E-state index is 13.2. The molecule has 2 N–H and O–H groups in total. The van der Waals surface area contributed by atoms with Crippen LogP contribution in [-0.4, -0.2) is 17.4 Å². The average Bonchev–Trinajstić information content (AvgIpc) is 2.44. The molecular formula is C16H16ClFN2O. The predicted molar refractivity (Wildman–Crippen MR) is 82.7 cm³/mol. The van der Waals surface area contributed by atoms with Gasteiger partial charge in [0, 0.05) is 18.8 Å². The molecule has 0 aliphatic carbocycles. The Morgan fingerprint density at radius 2 is 2.05 bits per heavy atom. The van der Waals surface area contributed by atoms with Crippen LogP contribution in [0.15, 0.2) is 42.5 Å². The molecule has 0 aliphatic heterocycles. The van der Waals surface area contributed by atoms with Gasteiger partial charge >= 0.3 is 0 Å². The van der Waals surface area contributed by atoms with Gasteiger partial charge in [-0.1, -0.05) is 23.7 Å². The molecule has 2 rings (SSSR count). The first-order valence-electron chi connectivity index (χ1n) is 6.60. The number of carbonyl (C=O) groups is 1. The van der Waals surface area contributed by atoms with Gasteiger partial charge in [0.15, 0.2) is 0 Å². The molecule has 5 heteroatoms. The van der Waals surface area contributed by atoms with Crippen molar-refractivity contribution in [1.29, 1.82) is 0 Å². The first kappa shape index (κ1) is 15.3. The minimum absolute atomic E-state index is 0.202. The Morgan fingerprint density at radius 3 is 2.67 bits per heavy atom. The van der Waals surface area contributed by atoms with Gasteiger partial charge in [-0.05, 0) is 42.8 Å². The molecule has 21 heavy (non-hydrogen) atoms. The lowest BCUT2D eigenvalue weighted by Crippen LogP contribution is -2.30. The molecular weight excluding hydrogens is 291 g/mol. The molecule has 2 aromatic carbocycles. The fraction of sp³-hybridized carbons (Fsp3) is 0.188. The number of nitrogens with two attached hydrogens (primary N) is 1. The molecule has 0 bridgehead atoms. The molecule has 0 unspecified atom stereocenters. The lowest BCUT2D eigenvalue weighted by Gasteiger charge is -2.21. The summed E-state index contributed by atoms with van der Waals surface area (Å²) < 4.78 is 13.2. The van der Waals surface area contributed by atoms with E-state index in [2.05, 4.69) is 0 Å². The minimum atomic E-state index is -0.318. The fourth-order valence-electron chi connectivity index (χ4n) is 2.06. The Kier molecular flexibility index (Phi) is 4.81. The van der Waals surface area contributed by atoms with Gasteiger partial charge in [0.05, 0.1) is 10.6 Å². The van der Waals surface area contributed by atoms with Crippen LogP contribution >= 0.6 is 11.6 Å². The number of halogens is 2. The normalized spacial score (nSPS) is 10.4. The number of hydrogen-bond acceptors (Lipinski definition) is 2. The van der Waals surface area contributed by atoms with Gasteiger partial charge in [-0.3, -0.25) is 4.79 Å². The zero-order valence-electron chi connectivity index (χ0n) is 11.6. The smallest absolute Gasteiger partial charge is 0.255 e. The van der Waals surface area contributed by atoms with Crippen LogP contribution in [0.3, 0.4) is 0 Å². The number of nitrogen functional groups attached to an aromatic ring is 1. The van der Waals surface area contributed by atoms with Crippen LogP contribution in [0.2, 0.25) is 5.02 Å². The first-order chi connectivity index (χ1) is 10.0. The Morgan fingerprint density at radius 1 is 1.29 bits per heavy atom. The van der Waals surface area contributed by atoms with E-state index in [1.54, 1.807) is 35.2 Å². The van der Waals surface area contributed by atoms with E-state index in [9.17, 15) is 9.18 Å². The third-order valence-corrected chi connectivity index (χ3v) is 3.47. The molecule has 1 amide bonds. The molecule has 0 radical (unpaired) electrons. The summed E-state index contributed by atoms with van der Waals surface area (Å²) in [5, 5.41) is 0.317. The molecule has 0 fully saturated rings. The van der Waals surface area contributed by atoms with Crippen molar-refractivity contribution in [2.24, 2.45) is 0 Å². The highest BCUT2D eigenvalue weighted by Crippen LogP contribution is 2.21. The van der Waals surface area contributed by atoms with Gasteiger partial charge in [0.25, 0.3) is 5.91 Å². The van der Waals surface area contributed by atoms with Gasteiger partial charge < -0.3 is 10.6 Å². The molecule has 0 heterocycles. The number of hydrogen-bond donors (Lipinski definition) is 1. The van der Waals surface area contributed by atoms with E-state index >= 15 is 0 Å². The van der Waals surface area contributed by atoms with Crippen molar-refractivity contribution in [2.75, 3.05) is 12.3 Å². The summed E-state index contributed by atoms with van der Waals surface area (Å²) in [6.07, 6.45) is 0. The summed E-state index contributed by atoms with van der Waals surface area (Å²) in [5.41, 5.74) is 7.26. The van der Waals surface area contributed by atoms with Gasteiger partial charge in [0.2, 0.25) is 0 Å². The van der Waals surface area contributed by atoms with Crippen molar-refractivity contribution in [3.8, 4) is 0 Å². The van der Waals surface area contributed by atoms with Crippen molar-refractivity contribution < 1.29 is 9.18 Å². The standard InChI is InChI=1S/C16H16ClFN2O/c1-2-20(10-11-4-3-5-12(18)8-11)16(21)14-7-6-13(19)9-15(14)17/h3-9H,2,10,19H2,1H3. The van der Waals surface area contributed by atoms with Crippen molar-refractivity contribution in [3.05, 3.63) is 64.4 Å². The summed E-state index contributed by atoms with van der Waals surface area (Å²) in [6.45, 7) is 2.69.